The molecule has 9 heteroatoms. The number of fused-ring (bicyclic) bond motifs is 3. The smallest absolute Gasteiger partial charge is 0.341 e. The number of unbranched alkanes of at least 4 members (excludes halogenated alkanes) is 2. The average Bonchev–Trinajstić information content (AvgIpc) is 3.55. The molecular formula is C24H31N3O5S. The summed E-state index contributed by atoms with van der Waals surface area (Å²) in [5.74, 6) is -0.193. The maximum absolute atomic E-state index is 13.3. The van der Waals surface area contributed by atoms with Gasteiger partial charge in [-0.05, 0) is 69.6 Å². The van der Waals surface area contributed by atoms with Crippen molar-refractivity contribution in [2.75, 3.05) is 43.8 Å². The quantitative estimate of drug-likeness (QED) is 0.426. The lowest BCUT2D eigenvalue weighted by atomic mass is 10.0. The van der Waals surface area contributed by atoms with Crippen LogP contribution in [0.3, 0.4) is 0 Å². The number of nitrogens with zero attached hydrogens (tertiary/aromatic N) is 1. The molecule has 3 N–H and O–H groups in total. The Bertz CT molecular complexity index is 1130. The fourth-order valence-electron chi connectivity index (χ4n) is 4.35. The van der Waals surface area contributed by atoms with E-state index in [1.807, 2.05) is 14.1 Å². The van der Waals surface area contributed by atoms with Gasteiger partial charge in [0.05, 0.1) is 18.0 Å². The largest absolute Gasteiger partial charge is 0.492 e. The molecule has 1 heterocycles. The van der Waals surface area contributed by atoms with Crippen LogP contribution < -0.4 is 14.8 Å². The van der Waals surface area contributed by atoms with Gasteiger partial charge in [-0.2, -0.15) is 0 Å². The van der Waals surface area contributed by atoms with Crippen LogP contribution in [0.4, 0.5) is 11.4 Å². The first kappa shape index (κ1) is 23.4. The highest BCUT2D eigenvalue weighted by Gasteiger charge is 2.45. The number of hydrogen-bond acceptors (Lipinski definition) is 6. The van der Waals surface area contributed by atoms with Gasteiger partial charge in [0.25, 0.3) is 10.0 Å². The van der Waals surface area contributed by atoms with Gasteiger partial charge in [-0.3, -0.25) is 4.72 Å². The first-order valence-electron chi connectivity index (χ1n) is 11.3. The molecular weight excluding hydrogens is 442 g/mol. The zero-order chi connectivity index (χ0) is 23.6. The molecule has 2 atom stereocenters. The third-order valence-corrected chi connectivity index (χ3v) is 7.61. The summed E-state index contributed by atoms with van der Waals surface area (Å²) in [7, 11) is 0.0560. The number of sulfonamides is 1. The van der Waals surface area contributed by atoms with Crippen molar-refractivity contribution in [3.63, 3.8) is 0 Å². The van der Waals surface area contributed by atoms with E-state index in [-0.39, 0.29) is 21.9 Å². The Kier molecular flexibility index (Phi) is 6.81. The molecule has 1 aliphatic heterocycles. The van der Waals surface area contributed by atoms with Gasteiger partial charge in [0.1, 0.15) is 16.2 Å². The fraction of sp³-hybridized carbons (Fsp3) is 0.458. The van der Waals surface area contributed by atoms with Crippen molar-refractivity contribution >= 4 is 27.4 Å². The Hall–Kier alpha value is -2.78. The molecule has 4 rings (SSSR count). The van der Waals surface area contributed by atoms with Crippen molar-refractivity contribution < 1.29 is 23.1 Å². The normalized spacial score (nSPS) is 18.8. The summed E-state index contributed by atoms with van der Waals surface area (Å²) >= 11 is 0. The molecule has 0 aromatic heterocycles. The Balaban J connectivity index is 1.51. The van der Waals surface area contributed by atoms with E-state index in [0.717, 1.165) is 37.8 Å². The number of carboxylic acids is 1. The number of ether oxygens (including phenoxy) is 1. The van der Waals surface area contributed by atoms with Crippen molar-refractivity contribution in [3.8, 4) is 5.75 Å². The van der Waals surface area contributed by atoms with Gasteiger partial charge in [-0.15, -0.1) is 0 Å². The predicted octanol–water partition coefficient (Wildman–Crippen LogP) is 3.83. The highest BCUT2D eigenvalue weighted by atomic mass is 32.2. The molecule has 0 spiro atoms. The number of anilines is 2. The van der Waals surface area contributed by atoms with Gasteiger partial charge < -0.3 is 20.1 Å². The van der Waals surface area contributed by atoms with Crippen LogP contribution in [-0.4, -0.2) is 58.2 Å². The number of carbonyl (C=O) groups is 1. The first-order valence-corrected chi connectivity index (χ1v) is 12.8. The lowest BCUT2D eigenvalue weighted by molar-refractivity contribution is 0.0692. The van der Waals surface area contributed by atoms with Crippen LogP contribution in [0, 0.1) is 5.92 Å². The summed E-state index contributed by atoms with van der Waals surface area (Å²) in [6.45, 7) is 2.14. The summed E-state index contributed by atoms with van der Waals surface area (Å²) in [6, 6.07) is 9.97. The van der Waals surface area contributed by atoms with Crippen molar-refractivity contribution in [3.05, 3.63) is 47.5 Å². The molecule has 0 bridgehead atoms. The van der Waals surface area contributed by atoms with Crippen LogP contribution in [0.5, 0.6) is 5.75 Å². The lowest BCUT2D eigenvalue weighted by Crippen LogP contribution is -2.20. The maximum atomic E-state index is 13.3. The summed E-state index contributed by atoms with van der Waals surface area (Å²) < 4.78 is 34.7. The topological polar surface area (TPSA) is 108 Å². The van der Waals surface area contributed by atoms with Gasteiger partial charge in [0.15, 0.2) is 0 Å². The van der Waals surface area contributed by atoms with Gasteiger partial charge in [0, 0.05) is 12.5 Å². The molecule has 1 saturated carbocycles. The molecule has 2 aromatic carbocycles. The highest BCUT2D eigenvalue weighted by Crippen LogP contribution is 2.55. The average molecular weight is 474 g/mol. The van der Waals surface area contributed by atoms with Crippen LogP contribution >= 0.6 is 0 Å². The second kappa shape index (κ2) is 9.61. The molecule has 0 unspecified atom stereocenters. The van der Waals surface area contributed by atoms with Crippen LogP contribution in [-0.2, 0) is 10.0 Å². The third kappa shape index (κ3) is 5.25. The summed E-state index contributed by atoms with van der Waals surface area (Å²) in [4.78, 5) is 14.3. The Morgan fingerprint density at radius 2 is 1.91 bits per heavy atom. The third-order valence-electron chi connectivity index (χ3n) is 6.18. The van der Waals surface area contributed by atoms with Gasteiger partial charge in [-0.1, -0.05) is 24.6 Å². The second-order valence-electron chi connectivity index (χ2n) is 9.02. The van der Waals surface area contributed by atoms with Crippen LogP contribution in [0.2, 0.25) is 0 Å². The molecule has 2 aromatic rings. The van der Waals surface area contributed by atoms with E-state index in [9.17, 15) is 18.3 Å². The summed E-state index contributed by atoms with van der Waals surface area (Å²) in [6.07, 6.45) is 4.02. The number of carboxylic acid groups (broad SMARTS) is 1. The van der Waals surface area contributed by atoms with E-state index in [1.165, 1.54) is 12.1 Å². The molecule has 1 aliphatic carbocycles. The maximum Gasteiger partial charge on any atom is 0.341 e. The number of nitrogens with one attached hydrogen (secondary N) is 2. The molecule has 2 aliphatic rings. The van der Waals surface area contributed by atoms with Crippen molar-refractivity contribution in [2.45, 2.75) is 36.5 Å². The fourth-order valence-corrected chi connectivity index (χ4v) is 5.60. The highest BCUT2D eigenvalue weighted by molar-refractivity contribution is 7.92. The number of benzene rings is 2. The minimum Gasteiger partial charge on any atom is -0.492 e. The van der Waals surface area contributed by atoms with E-state index in [2.05, 4.69) is 14.9 Å². The van der Waals surface area contributed by atoms with E-state index in [4.69, 9.17) is 4.74 Å². The number of aromatic carboxylic acids is 1. The first-order chi connectivity index (χ1) is 15.8. The minimum absolute atomic E-state index is 0.0128. The monoisotopic (exact) mass is 473 g/mol. The van der Waals surface area contributed by atoms with E-state index in [0.29, 0.717) is 30.7 Å². The van der Waals surface area contributed by atoms with E-state index in [1.54, 1.807) is 24.3 Å². The zero-order valence-corrected chi connectivity index (χ0v) is 19.8. The number of hydrogen-bond donors (Lipinski definition) is 3. The van der Waals surface area contributed by atoms with Gasteiger partial charge >= 0.3 is 5.97 Å². The minimum atomic E-state index is -4.03. The van der Waals surface area contributed by atoms with Gasteiger partial charge in [-0.25, -0.2) is 13.2 Å². The molecule has 0 amide bonds. The van der Waals surface area contributed by atoms with Crippen molar-refractivity contribution in [1.29, 1.82) is 0 Å². The van der Waals surface area contributed by atoms with Crippen LogP contribution in [0.1, 0.15) is 47.5 Å². The lowest BCUT2D eigenvalue weighted by Gasteiger charge is -2.21. The van der Waals surface area contributed by atoms with E-state index < -0.39 is 16.0 Å². The molecule has 1 fully saturated rings. The standard InChI is InChI=1S/C24H31N3O5S/c1-27(2)13-7-3-6-12-25-19-8-4-5-9-21(19)33(30,31)26-20-11-10-17-18-14-16(18)15-32-23(17)22(20)24(28)29/h4-5,8-11,16,18,25-26H,3,6-7,12-15H2,1-2H3,(H,28,29)/t16-,18-/m0/s1. The molecule has 178 valence electrons. The van der Waals surface area contributed by atoms with Crippen LogP contribution in [0.15, 0.2) is 41.3 Å². The predicted molar refractivity (Wildman–Crippen MR) is 128 cm³/mol. The second-order valence-corrected chi connectivity index (χ2v) is 10.7. The van der Waals surface area contributed by atoms with Gasteiger partial charge in [0.2, 0.25) is 0 Å². The number of para-hydroxylation sites is 1. The molecule has 8 nitrogen and oxygen atoms in total. The Morgan fingerprint density at radius 1 is 1.12 bits per heavy atom. The van der Waals surface area contributed by atoms with Crippen molar-refractivity contribution in [2.24, 2.45) is 5.92 Å². The van der Waals surface area contributed by atoms with Crippen molar-refractivity contribution in [1.82, 2.24) is 4.90 Å². The van der Waals surface area contributed by atoms with E-state index >= 15 is 0 Å². The molecule has 33 heavy (non-hydrogen) atoms. The number of rotatable bonds is 11. The van der Waals surface area contributed by atoms with Crippen LogP contribution in [0.25, 0.3) is 0 Å². The Morgan fingerprint density at radius 3 is 2.67 bits per heavy atom. The summed E-state index contributed by atoms with van der Waals surface area (Å²) in [5, 5.41) is 13.1. The molecule has 0 saturated heterocycles. The summed E-state index contributed by atoms with van der Waals surface area (Å²) in [5.41, 5.74) is 1.22. The molecule has 0 radical (unpaired) electrons. The zero-order valence-electron chi connectivity index (χ0n) is 19.0. The Labute approximate surface area is 195 Å². The SMILES string of the molecule is CN(C)CCCCCNc1ccccc1S(=O)(=O)Nc1ccc2c(c1C(=O)O)OC[C@@H]1C[C@H]21.